The van der Waals surface area contributed by atoms with Crippen molar-refractivity contribution in [3.05, 3.63) is 23.8 Å². The Morgan fingerprint density at radius 1 is 1.14 bits per heavy atom. The fraction of sp³-hybridized carbons (Fsp3) is 0.708. The molecule has 4 aliphatic carbocycles. The molecule has 4 aliphatic rings. The number of carbonyl (C=O) groups is 1. The fourth-order valence-electron chi connectivity index (χ4n) is 6.48. The largest absolute Gasteiger partial charge is 0.493 e. The molecule has 4 nitrogen and oxygen atoms in total. The van der Waals surface area contributed by atoms with Crippen molar-refractivity contribution in [3.8, 4) is 5.75 Å². The summed E-state index contributed by atoms with van der Waals surface area (Å²) in [5, 5.41) is 3.21. The van der Waals surface area contributed by atoms with Crippen LogP contribution in [0.5, 0.6) is 5.75 Å². The van der Waals surface area contributed by atoms with Crippen molar-refractivity contribution in [2.45, 2.75) is 58.3 Å². The van der Waals surface area contributed by atoms with Crippen molar-refractivity contribution < 1.29 is 14.4 Å². The van der Waals surface area contributed by atoms with Gasteiger partial charge in [0.25, 0.3) is 0 Å². The van der Waals surface area contributed by atoms with Gasteiger partial charge in [0.2, 0.25) is 5.91 Å². The standard InChI is InChI=1S/C24H36N2O2/c1-17-5-6-21(28-8-4-7-26(2)3)12-22(17)25-23(27)16-24-13-18-9-19(14-24)11-20(10-18)15-24/h5-6,12,18-20H,4,7-11,13-16H2,1-3H3,(H,25,27)/p+1. The zero-order valence-corrected chi connectivity index (χ0v) is 17.9. The van der Waals surface area contributed by atoms with Crippen LogP contribution in [0, 0.1) is 30.1 Å². The van der Waals surface area contributed by atoms with Crippen molar-refractivity contribution in [2.75, 3.05) is 32.6 Å². The quantitative estimate of drug-likeness (QED) is 0.673. The third kappa shape index (κ3) is 4.53. The Kier molecular flexibility index (Phi) is 5.69. The summed E-state index contributed by atoms with van der Waals surface area (Å²) in [7, 11) is 4.31. The van der Waals surface area contributed by atoms with Crippen LogP contribution < -0.4 is 15.0 Å². The summed E-state index contributed by atoms with van der Waals surface area (Å²) >= 11 is 0. The van der Waals surface area contributed by atoms with E-state index in [1.807, 2.05) is 18.2 Å². The van der Waals surface area contributed by atoms with Crippen LogP contribution >= 0.6 is 0 Å². The van der Waals surface area contributed by atoms with Crippen LogP contribution in [0.25, 0.3) is 0 Å². The van der Waals surface area contributed by atoms with Crippen LogP contribution in [0.2, 0.25) is 0 Å². The Balaban J connectivity index is 1.34. The Hall–Kier alpha value is -1.55. The second kappa shape index (κ2) is 8.06. The predicted octanol–water partition coefficient (Wildman–Crippen LogP) is 3.45. The second-order valence-electron chi connectivity index (χ2n) is 10.3. The van der Waals surface area contributed by atoms with Gasteiger partial charge in [-0.15, -0.1) is 0 Å². The lowest BCUT2D eigenvalue weighted by atomic mass is 9.49. The molecule has 1 aromatic rings. The molecule has 4 bridgehead atoms. The molecule has 154 valence electrons. The highest BCUT2D eigenvalue weighted by molar-refractivity contribution is 5.92. The van der Waals surface area contributed by atoms with Gasteiger partial charge in [-0.25, -0.2) is 0 Å². The number of quaternary nitrogens is 1. The van der Waals surface area contributed by atoms with Crippen LogP contribution in [0.15, 0.2) is 18.2 Å². The summed E-state index contributed by atoms with van der Waals surface area (Å²) in [5.74, 6) is 3.72. The lowest BCUT2D eigenvalue weighted by molar-refractivity contribution is -0.858. The molecule has 4 heteroatoms. The molecule has 4 fully saturated rings. The number of amides is 1. The number of hydrogen-bond donors (Lipinski definition) is 2. The third-order valence-corrected chi connectivity index (χ3v) is 7.27. The summed E-state index contributed by atoms with van der Waals surface area (Å²) in [6.07, 6.45) is 9.85. The summed E-state index contributed by atoms with van der Waals surface area (Å²) in [6.45, 7) is 3.87. The van der Waals surface area contributed by atoms with Gasteiger partial charge in [-0.1, -0.05) is 6.07 Å². The maximum Gasteiger partial charge on any atom is 0.224 e. The van der Waals surface area contributed by atoms with Crippen LogP contribution in [-0.2, 0) is 4.79 Å². The van der Waals surface area contributed by atoms with Crippen LogP contribution in [0.1, 0.15) is 56.9 Å². The minimum atomic E-state index is 0.193. The number of nitrogens with one attached hydrogen (secondary N) is 2. The van der Waals surface area contributed by atoms with E-state index < -0.39 is 0 Å². The molecule has 0 aromatic heterocycles. The molecular weight excluding hydrogens is 348 g/mol. The van der Waals surface area contributed by atoms with E-state index in [9.17, 15) is 4.79 Å². The van der Waals surface area contributed by atoms with E-state index in [-0.39, 0.29) is 11.3 Å². The van der Waals surface area contributed by atoms with Gasteiger partial charge in [0.1, 0.15) is 5.75 Å². The van der Waals surface area contributed by atoms with Gasteiger partial charge in [0.15, 0.2) is 0 Å². The first-order valence-electron chi connectivity index (χ1n) is 11.2. The van der Waals surface area contributed by atoms with E-state index in [1.54, 1.807) is 0 Å². The lowest BCUT2D eigenvalue weighted by Gasteiger charge is -2.56. The molecule has 5 rings (SSSR count). The summed E-state index contributed by atoms with van der Waals surface area (Å²) in [5.41, 5.74) is 2.30. The molecule has 1 aromatic carbocycles. The first kappa shape index (κ1) is 19.8. The lowest BCUT2D eigenvalue weighted by Crippen LogP contribution is -3.05. The van der Waals surface area contributed by atoms with E-state index in [1.165, 1.54) is 43.4 Å². The van der Waals surface area contributed by atoms with Gasteiger partial charge in [0, 0.05) is 24.6 Å². The van der Waals surface area contributed by atoms with Gasteiger partial charge in [0.05, 0.1) is 27.2 Å². The Labute approximate surface area is 170 Å². The highest BCUT2D eigenvalue weighted by Gasteiger charge is 2.51. The second-order valence-corrected chi connectivity index (χ2v) is 10.3. The number of carbonyl (C=O) groups excluding carboxylic acids is 1. The smallest absolute Gasteiger partial charge is 0.224 e. The third-order valence-electron chi connectivity index (χ3n) is 7.27. The van der Waals surface area contributed by atoms with E-state index >= 15 is 0 Å². The normalized spacial score (nSPS) is 30.6. The van der Waals surface area contributed by atoms with Crippen molar-refractivity contribution >= 4 is 11.6 Å². The fourth-order valence-corrected chi connectivity index (χ4v) is 6.48. The highest BCUT2D eigenvalue weighted by atomic mass is 16.5. The number of anilines is 1. The molecule has 1 amide bonds. The number of rotatable bonds is 8. The maximum absolute atomic E-state index is 12.9. The van der Waals surface area contributed by atoms with E-state index in [0.717, 1.165) is 54.3 Å². The molecule has 0 aliphatic heterocycles. The van der Waals surface area contributed by atoms with Crippen molar-refractivity contribution in [1.29, 1.82) is 0 Å². The van der Waals surface area contributed by atoms with Gasteiger partial charge >= 0.3 is 0 Å². The Morgan fingerprint density at radius 3 is 2.39 bits per heavy atom. The zero-order valence-electron chi connectivity index (χ0n) is 17.9. The molecule has 0 atom stereocenters. The Bertz CT molecular complexity index is 677. The van der Waals surface area contributed by atoms with Crippen molar-refractivity contribution in [1.82, 2.24) is 0 Å². The number of hydrogen-bond acceptors (Lipinski definition) is 2. The van der Waals surface area contributed by atoms with Gasteiger partial charge in [-0.05, 0) is 80.2 Å². The van der Waals surface area contributed by atoms with E-state index in [2.05, 4.69) is 26.3 Å². The molecule has 0 unspecified atom stereocenters. The van der Waals surface area contributed by atoms with Gasteiger partial charge < -0.3 is 15.0 Å². The monoisotopic (exact) mass is 385 g/mol. The number of aryl methyl sites for hydroxylation is 1. The first-order valence-corrected chi connectivity index (χ1v) is 11.2. The minimum absolute atomic E-state index is 0.193. The SMILES string of the molecule is Cc1ccc(OCCC[NH+](C)C)cc1NC(=O)CC12CC3CC(CC(C3)C1)C2. The number of ether oxygens (including phenoxy) is 1. The molecule has 2 N–H and O–H groups in total. The molecule has 0 heterocycles. The summed E-state index contributed by atoms with van der Waals surface area (Å²) < 4.78 is 5.90. The van der Waals surface area contributed by atoms with Crippen molar-refractivity contribution in [2.24, 2.45) is 23.2 Å². The molecule has 0 radical (unpaired) electrons. The van der Waals surface area contributed by atoms with Gasteiger partial charge in [-0.2, -0.15) is 0 Å². The highest BCUT2D eigenvalue weighted by Crippen LogP contribution is 2.61. The van der Waals surface area contributed by atoms with Crippen LogP contribution in [0.3, 0.4) is 0 Å². The summed E-state index contributed by atoms with van der Waals surface area (Å²) in [4.78, 5) is 14.4. The maximum atomic E-state index is 12.9. The van der Waals surface area contributed by atoms with Crippen LogP contribution in [0.4, 0.5) is 5.69 Å². The van der Waals surface area contributed by atoms with E-state index in [0.29, 0.717) is 6.42 Å². The van der Waals surface area contributed by atoms with Crippen molar-refractivity contribution in [3.63, 3.8) is 0 Å². The molecule has 4 saturated carbocycles. The van der Waals surface area contributed by atoms with E-state index in [4.69, 9.17) is 4.74 Å². The minimum Gasteiger partial charge on any atom is -0.493 e. The topological polar surface area (TPSA) is 42.8 Å². The molecule has 28 heavy (non-hydrogen) atoms. The average molecular weight is 386 g/mol. The van der Waals surface area contributed by atoms with Crippen LogP contribution in [-0.4, -0.2) is 33.2 Å². The summed E-state index contributed by atoms with van der Waals surface area (Å²) in [6, 6.07) is 6.05. The predicted molar refractivity (Wildman–Crippen MR) is 113 cm³/mol. The number of benzene rings is 1. The molecule has 0 spiro atoms. The van der Waals surface area contributed by atoms with Gasteiger partial charge in [-0.3, -0.25) is 4.79 Å². The Morgan fingerprint density at radius 2 is 1.79 bits per heavy atom. The average Bonchev–Trinajstić information content (AvgIpc) is 2.59. The molecule has 0 saturated heterocycles. The molecular formula is C24H37N2O2+. The zero-order chi connectivity index (χ0) is 19.7. The first-order chi connectivity index (χ1) is 13.4.